The molecule has 0 aliphatic heterocycles. The highest BCUT2D eigenvalue weighted by atomic mass is 79.9. The highest BCUT2D eigenvalue weighted by Gasteiger charge is 2.20. The van der Waals surface area contributed by atoms with Crippen LogP contribution in [0.4, 0.5) is 5.69 Å². The number of amides is 1. The summed E-state index contributed by atoms with van der Waals surface area (Å²) in [5, 5.41) is 3.07. The molecule has 0 saturated heterocycles. The fourth-order valence-electron chi connectivity index (χ4n) is 2.54. The number of benzene rings is 2. The Morgan fingerprint density at radius 2 is 1.86 bits per heavy atom. The Kier molecular flexibility index (Phi) is 5.18. The average molecular weight is 346 g/mol. The Balaban J connectivity index is 2.25. The summed E-state index contributed by atoms with van der Waals surface area (Å²) in [7, 11) is 0. The number of carbonyl (C=O) groups excluding carboxylic acids is 1. The smallest absolute Gasteiger partial charge is 0.231 e. The number of aryl methyl sites for hydroxylation is 2. The van der Waals surface area contributed by atoms with Crippen LogP contribution in [0, 0.1) is 13.8 Å². The molecule has 0 fully saturated rings. The summed E-state index contributed by atoms with van der Waals surface area (Å²) >= 11 is 3.54. The standard InChI is InChI=1S/C18H20BrNO/c1-4-15(14-8-6-5-7-9-14)18(21)20-17-13(3)10-12(2)11-16(17)19/h5-11,15H,4H2,1-3H3,(H,20,21). The maximum atomic E-state index is 12.6. The molecule has 0 saturated carbocycles. The van der Waals surface area contributed by atoms with Crippen molar-refractivity contribution in [3.8, 4) is 0 Å². The van der Waals surface area contributed by atoms with Crippen molar-refractivity contribution >= 4 is 27.5 Å². The number of rotatable bonds is 4. The summed E-state index contributed by atoms with van der Waals surface area (Å²) < 4.78 is 0.927. The molecule has 1 unspecified atom stereocenters. The predicted molar refractivity (Wildman–Crippen MR) is 91.7 cm³/mol. The van der Waals surface area contributed by atoms with Crippen molar-refractivity contribution in [2.45, 2.75) is 33.1 Å². The van der Waals surface area contributed by atoms with Crippen molar-refractivity contribution in [3.63, 3.8) is 0 Å². The molecule has 0 aromatic heterocycles. The van der Waals surface area contributed by atoms with E-state index in [-0.39, 0.29) is 11.8 Å². The number of hydrogen-bond donors (Lipinski definition) is 1. The average Bonchev–Trinajstić information content (AvgIpc) is 2.45. The van der Waals surface area contributed by atoms with E-state index in [0.29, 0.717) is 0 Å². The first-order valence-electron chi connectivity index (χ1n) is 7.15. The van der Waals surface area contributed by atoms with Gasteiger partial charge in [-0.2, -0.15) is 0 Å². The highest BCUT2D eigenvalue weighted by molar-refractivity contribution is 9.10. The first-order valence-corrected chi connectivity index (χ1v) is 7.94. The van der Waals surface area contributed by atoms with Crippen LogP contribution in [0.1, 0.15) is 36.0 Å². The third kappa shape index (κ3) is 3.73. The molecule has 110 valence electrons. The van der Waals surface area contributed by atoms with Crippen LogP contribution in [0.2, 0.25) is 0 Å². The lowest BCUT2D eigenvalue weighted by Gasteiger charge is -2.18. The van der Waals surface area contributed by atoms with Gasteiger partial charge in [0.1, 0.15) is 0 Å². The number of halogens is 1. The summed E-state index contributed by atoms with van der Waals surface area (Å²) in [6.45, 7) is 6.09. The lowest BCUT2D eigenvalue weighted by molar-refractivity contribution is -0.117. The maximum Gasteiger partial charge on any atom is 0.231 e. The Bertz CT molecular complexity index is 614. The summed E-state index contributed by atoms with van der Waals surface area (Å²) in [5.41, 5.74) is 4.16. The van der Waals surface area contributed by atoms with Crippen molar-refractivity contribution in [1.82, 2.24) is 0 Å². The molecule has 1 N–H and O–H groups in total. The molecule has 2 rings (SSSR count). The SMILES string of the molecule is CCC(C(=O)Nc1c(C)cc(C)cc1Br)c1ccccc1. The van der Waals surface area contributed by atoms with Crippen molar-refractivity contribution in [3.05, 3.63) is 63.6 Å². The van der Waals surface area contributed by atoms with Gasteiger partial charge in [-0.15, -0.1) is 0 Å². The van der Waals surface area contributed by atoms with Crippen LogP contribution >= 0.6 is 15.9 Å². The van der Waals surface area contributed by atoms with Gasteiger partial charge < -0.3 is 5.32 Å². The van der Waals surface area contributed by atoms with Crippen LogP contribution in [0.25, 0.3) is 0 Å². The van der Waals surface area contributed by atoms with E-state index in [9.17, 15) is 4.79 Å². The molecule has 0 radical (unpaired) electrons. The fourth-order valence-corrected chi connectivity index (χ4v) is 3.32. The Hall–Kier alpha value is -1.61. The summed E-state index contributed by atoms with van der Waals surface area (Å²) in [4.78, 5) is 12.6. The maximum absolute atomic E-state index is 12.6. The zero-order chi connectivity index (χ0) is 15.4. The molecule has 2 nitrogen and oxygen atoms in total. The van der Waals surface area contributed by atoms with Crippen molar-refractivity contribution in [2.24, 2.45) is 0 Å². The molecule has 2 aromatic carbocycles. The number of nitrogens with one attached hydrogen (secondary N) is 1. The molecule has 1 atom stereocenters. The van der Waals surface area contributed by atoms with Crippen molar-refractivity contribution < 1.29 is 4.79 Å². The Morgan fingerprint density at radius 3 is 2.43 bits per heavy atom. The summed E-state index contributed by atoms with van der Waals surface area (Å²) in [6, 6.07) is 14.0. The number of anilines is 1. The van der Waals surface area contributed by atoms with E-state index in [1.165, 1.54) is 5.56 Å². The normalized spacial score (nSPS) is 12.0. The van der Waals surface area contributed by atoms with Crippen LogP contribution < -0.4 is 5.32 Å². The molecule has 3 heteroatoms. The Labute approximate surface area is 134 Å². The van der Waals surface area contributed by atoms with Gasteiger partial charge in [-0.25, -0.2) is 0 Å². The van der Waals surface area contributed by atoms with Gasteiger partial charge in [0, 0.05) is 4.47 Å². The molecule has 0 spiro atoms. The quantitative estimate of drug-likeness (QED) is 0.810. The van der Waals surface area contributed by atoms with E-state index < -0.39 is 0 Å². The molecule has 1 amide bonds. The second-order valence-electron chi connectivity index (χ2n) is 5.30. The van der Waals surface area contributed by atoms with Crippen molar-refractivity contribution in [2.75, 3.05) is 5.32 Å². The van der Waals surface area contributed by atoms with Crippen LogP contribution in [0.15, 0.2) is 46.9 Å². The minimum atomic E-state index is -0.126. The number of carbonyl (C=O) groups is 1. The van der Waals surface area contributed by atoms with E-state index in [1.54, 1.807) is 0 Å². The fraction of sp³-hybridized carbons (Fsp3) is 0.278. The van der Waals surface area contributed by atoms with E-state index in [1.807, 2.05) is 57.2 Å². The molecule has 0 aliphatic rings. The summed E-state index contributed by atoms with van der Waals surface area (Å²) in [5.74, 6) is -0.0878. The van der Waals surface area contributed by atoms with E-state index >= 15 is 0 Å². The van der Waals surface area contributed by atoms with Gasteiger partial charge >= 0.3 is 0 Å². The molecule has 0 aliphatic carbocycles. The van der Waals surface area contributed by atoms with Gasteiger partial charge in [-0.1, -0.05) is 43.3 Å². The summed E-state index contributed by atoms with van der Waals surface area (Å²) in [6.07, 6.45) is 0.776. The van der Waals surface area contributed by atoms with E-state index in [0.717, 1.165) is 27.7 Å². The topological polar surface area (TPSA) is 29.1 Å². The molecular weight excluding hydrogens is 326 g/mol. The largest absolute Gasteiger partial charge is 0.324 e. The second kappa shape index (κ2) is 6.90. The van der Waals surface area contributed by atoms with Gasteiger partial charge in [0.05, 0.1) is 11.6 Å². The second-order valence-corrected chi connectivity index (χ2v) is 6.15. The van der Waals surface area contributed by atoms with Crippen molar-refractivity contribution in [1.29, 1.82) is 0 Å². The number of hydrogen-bond acceptors (Lipinski definition) is 1. The predicted octanol–water partition coefficient (Wildman–Crippen LogP) is 5.20. The molecule has 2 aromatic rings. The third-order valence-electron chi connectivity index (χ3n) is 3.61. The van der Waals surface area contributed by atoms with Crippen LogP contribution in [-0.4, -0.2) is 5.91 Å². The van der Waals surface area contributed by atoms with E-state index in [2.05, 4.69) is 27.3 Å². The van der Waals surface area contributed by atoms with E-state index in [4.69, 9.17) is 0 Å². The van der Waals surface area contributed by atoms with Gasteiger partial charge in [-0.05, 0) is 59.0 Å². The van der Waals surface area contributed by atoms with Gasteiger partial charge in [0.25, 0.3) is 0 Å². The lowest BCUT2D eigenvalue weighted by atomic mass is 9.95. The first kappa shape index (κ1) is 15.8. The zero-order valence-corrected chi connectivity index (χ0v) is 14.2. The van der Waals surface area contributed by atoms with Gasteiger partial charge in [0.2, 0.25) is 5.91 Å². The Morgan fingerprint density at radius 1 is 1.19 bits per heavy atom. The molecule has 21 heavy (non-hydrogen) atoms. The van der Waals surface area contributed by atoms with Crippen LogP contribution in [0.5, 0.6) is 0 Å². The minimum absolute atomic E-state index is 0.0383. The van der Waals surface area contributed by atoms with Gasteiger partial charge in [0.15, 0.2) is 0 Å². The lowest BCUT2D eigenvalue weighted by Crippen LogP contribution is -2.21. The molecule has 0 bridgehead atoms. The van der Waals surface area contributed by atoms with Crippen LogP contribution in [-0.2, 0) is 4.79 Å². The zero-order valence-electron chi connectivity index (χ0n) is 12.6. The van der Waals surface area contributed by atoms with Crippen LogP contribution in [0.3, 0.4) is 0 Å². The highest BCUT2D eigenvalue weighted by Crippen LogP contribution is 2.29. The monoisotopic (exact) mass is 345 g/mol. The van der Waals surface area contributed by atoms with Gasteiger partial charge in [-0.3, -0.25) is 4.79 Å². The minimum Gasteiger partial charge on any atom is -0.324 e. The molecular formula is C18H20BrNO. The molecule has 0 heterocycles. The first-order chi connectivity index (χ1) is 10.0. The third-order valence-corrected chi connectivity index (χ3v) is 4.23.